The monoisotopic (exact) mass is 368 g/mol. The Morgan fingerprint density at radius 2 is 1.27 bits per heavy atom. The van der Waals surface area contributed by atoms with Gasteiger partial charge in [-0.05, 0) is 18.2 Å². The minimum absolute atomic E-state index is 0.0470. The molecule has 2 aromatic carbocycles. The Morgan fingerprint density at radius 1 is 0.731 bits per heavy atom. The van der Waals surface area contributed by atoms with E-state index < -0.39 is 29.5 Å². The summed E-state index contributed by atoms with van der Waals surface area (Å²) in [5.41, 5.74) is 0.401. The molecule has 0 saturated carbocycles. The summed E-state index contributed by atoms with van der Waals surface area (Å²) >= 11 is 0. The number of hydrogen-bond acceptors (Lipinski definition) is 4. The van der Waals surface area contributed by atoms with Gasteiger partial charge in [0.05, 0.1) is 0 Å². The van der Waals surface area contributed by atoms with Crippen molar-refractivity contribution in [3.8, 4) is 11.5 Å². The van der Waals surface area contributed by atoms with Gasteiger partial charge < -0.3 is 9.47 Å². The van der Waals surface area contributed by atoms with Gasteiger partial charge in [0.2, 0.25) is 0 Å². The van der Waals surface area contributed by atoms with Crippen molar-refractivity contribution >= 4 is 11.6 Å². The molecule has 136 valence electrons. The molecule has 0 amide bonds. The maximum absolute atomic E-state index is 13.2. The molecular formula is C18H12F4O4. The van der Waals surface area contributed by atoms with Crippen LogP contribution in [0, 0.1) is 0 Å². The van der Waals surface area contributed by atoms with Gasteiger partial charge in [0.25, 0.3) is 0 Å². The van der Waals surface area contributed by atoms with Crippen LogP contribution in [0.3, 0.4) is 0 Å². The average Bonchev–Trinajstić information content (AvgIpc) is 2.60. The largest absolute Gasteiger partial charge is 0.507 e. The molecule has 3 rings (SSSR count). The van der Waals surface area contributed by atoms with E-state index in [1.165, 1.54) is 0 Å². The number of benzene rings is 2. The van der Waals surface area contributed by atoms with Crippen LogP contribution >= 0.6 is 0 Å². The summed E-state index contributed by atoms with van der Waals surface area (Å²) in [6.07, 6.45) is -9.91. The van der Waals surface area contributed by atoms with Crippen molar-refractivity contribution < 1.29 is 36.6 Å². The fraction of sp³-hybridized carbons (Fsp3) is 0.222. The number of halogens is 4. The zero-order valence-electron chi connectivity index (χ0n) is 13.2. The Kier molecular flexibility index (Phi) is 4.43. The van der Waals surface area contributed by atoms with E-state index in [0.717, 1.165) is 18.2 Å². The van der Waals surface area contributed by atoms with Crippen LogP contribution < -0.4 is 9.47 Å². The van der Waals surface area contributed by atoms with E-state index in [-0.39, 0.29) is 24.2 Å². The smallest absolute Gasteiger partial charge is 0.421 e. The van der Waals surface area contributed by atoms with Gasteiger partial charge in [-0.25, -0.2) is 0 Å². The van der Waals surface area contributed by atoms with Crippen LogP contribution in [-0.4, -0.2) is 23.8 Å². The molecule has 1 aliphatic heterocycles. The molecule has 1 heterocycles. The van der Waals surface area contributed by atoms with Crippen molar-refractivity contribution in [2.45, 2.75) is 25.1 Å². The quantitative estimate of drug-likeness (QED) is 0.576. The normalized spacial score (nSPS) is 16.8. The Morgan fingerprint density at radius 3 is 1.88 bits per heavy atom. The summed E-state index contributed by atoms with van der Waals surface area (Å²) in [6.45, 7) is 0. The lowest BCUT2D eigenvalue weighted by molar-refractivity contribution is -0.391. The van der Waals surface area contributed by atoms with Crippen molar-refractivity contribution in [2.75, 3.05) is 0 Å². The number of ketones is 2. The maximum Gasteiger partial charge on any atom is 0.507 e. The average molecular weight is 368 g/mol. The number of fused-ring (bicyclic) bond motifs is 1. The van der Waals surface area contributed by atoms with Crippen LogP contribution in [-0.2, 0) is 0 Å². The molecule has 0 atom stereocenters. The molecule has 0 spiro atoms. The summed E-state index contributed by atoms with van der Waals surface area (Å²) < 4.78 is 60.5. The van der Waals surface area contributed by atoms with Crippen molar-refractivity contribution in [2.24, 2.45) is 0 Å². The lowest BCUT2D eigenvalue weighted by Gasteiger charge is -2.31. The summed E-state index contributed by atoms with van der Waals surface area (Å²) in [4.78, 5) is 24.2. The molecular weight excluding hydrogens is 356 g/mol. The van der Waals surface area contributed by atoms with Gasteiger partial charge in [0.15, 0.2) is 23.1 Å². The van der Waals surface area contributed by atoms with Crippen LogP contribution in [0.25, 0.3) is 0 Å². The molecule has 8 heteroatoms. The van der Waals surface area contributed by atoms with E-state index in [2.05, 4.69) is 9.47 Å². The van der Waals surface area contributed by atoms with E-state index in [4.69, 9.17) is 0 Å². The van der Waals surface area contributed by atoms with Crippen LogP contribution in [0.15, 0.2) is 48.5 Å². The molecule has 26 heavy (non-hydrogen) atoms. The first-order valence-corrected chi connectivity index (χ1v) is 7.59. The second-order valence-corrected chi connectivity index (χ2v) is 5.61. The molecule has 2 aromatic rings. The number of ether oxygens (including phenoxy) is 2. The molecule has 1 aliphatic rings. The number of carbonyl (C=O) groups is 2. The highest BCUT2D eigenvalue weighted by molar-refractivity contribution is 6.02. The van der Waals surface area contributed by atoms with Crippen LogP contribution in [0.1, 0.15) is 33.6 Å². The highest BCUT2D eigenvalue weighted by Crippen LogP contribution is 2.47. The van der Waals surface area contributed by atoms with E-state index in [1.807, 2.05) is 0 Å². The topological polar surface area (TPSA) is 52.6 Å². The predicted octanol–water partition coefficient (Wildman–Crippen LogP) is 4.49. The molecule has 0 N–H and O–H groups in total. The summed E-state index contributed by atoms with van der Waals surface area (Å²) in [7, 11) is 0. The van der Waals surface area contributed by atoms with Gasteiger partial charge in [-0.15, -0.1) is 0 Å². The highest BCUT2D eigenvalue weighted by atomic mass is 19.3. The second-order valence-electron chi connectivity index (χ2n) is 5.61. The minimum Gasteiger partial charge on any atom is -0.421 e. The lowest BCUT2D eigenvalue weighted by Crippen LogP contribution is -2.52. The SMILES string of the molecule is O=C(CCC(=O)c1ccc2c(c1)OC(F)(F)C(F)(F)O2)c1ccccc1. The van der Waals surface area contributed by atoms with Crippen molar-refractivity contribution in [1.29, 1.82) is 0 Å². The predicted molar refractivity (Wildman–Crippen MR) is 81.9 cm³/mol. The third-order valence-corrected chi connectivity index (χ3v) is 3.76. The van der Waals surface area contributed by atoms with Crippen LogP contribution in [0.5, 0.6) is 11.5 Å². The number of alkyl halides is 4. The number of hydrogen-bond donors (Lipinski definition) is 0. The van der Waals surface area contributed by atoms with Gasteiger partial charge in [0, 0.05) is 24.0 Å². The first kappa shape index (κ1) is 17.9. The van der Waals surface area contributed by atoms with Gasteiger partial charge in [-0.2, -0.15) is 17.6 Å². The minimum atomic E-state index is -4.86. The molecule has 0 aliphatic carbocycles. The van der Waals surface area contributed by atoms with E-state index in [1.54, 1.807) is 30.3 Å². The highest BCUT2D eigenvalue weighted by Gasteiger charge is 2.65. The third-order valence-electron chi connectivity index (χ3n) is 3.76. The number of Topliss-reactive ketones (excluding diaryl/α,β-unsaturated/α-hetero) is 2. The Bertz CT molecular complexity index is 850. The van der Waals surface area contributed by atoms with Gasteiger partial charge in [-0.3, -0.25) is 9.59 Å². The maximum atomic E-state index is 13.2. The van der Waals surface area contributed by atoms with Crippen molar-refractivity contribution in [1.82, 2.24) is 0 Å². The van der Waals surface area contributed by atoms with E-state index >= 15 is 0 Å². The zero-order chi connectivity index (χ0) is 18.9. The third kappa shape index (κ3) is 3.40. The zero-order valence-corrected chi connectivity index (χ0v) is 13.2. The molecule has 0 saturated heterocycles. The van der Waals surface area contributed by atoms with E-state index in [9.17, 15) is 27.2 Å². The molecule has 0 fully saturated rings. The van der Waals surface area contributed by atoms with Gasteiger partial charge >= 0.3 is 12.2 Å². The summed E-state index contributed by atoms with van der Waals surface area (Å²) in [5.74, 6) is -2.03. The van der Waals surface area contributed by atoms with E-state index in [0.29, 0.717) is 5.56 Å². The Hall–Kier alpha value is -2.90. The fourth-order valence-corrected chi connectivity index (χ4v) is 2.38. The first-order valence-electron chi connectivity index (χ1n) is 7.59. The Balaban J connectivity index is 1.71. The summed E-state index contributed by atoms with van der Waals surface area (Å²) in [6, 6.07) is 11.3. The second kappa shape index (κ2) is 6.44. The standard InChI is InChI=1S/C18H12F4O4/c19-17(20)18(21,22)26-16-10-12(6-9-15(16)25-17)14(24)8-7-13(23)11-4-2-1-3-5-11/h1-6,9-10H,7-8H2. The van der Waals surface area contributed by atoms with Crippen LogP contribution in [0.4, 0.5) is 17.6 Å². The summed E-state index contributed by atoms with van der Waals surface area (Å²) in [5, 5.41) is 0. The number of carbonyl (C=O) groups excluding carboxylic acids is 2. The molecule has 0 radical (unpaired) electrons. The Labute approximate surface area is 145 Å². The first-order chi connectivity index (χ1) is 12.2. The fourth-order valence-electron chi connectivity index (χ4n) is 2.38. The van der Waals surface area contributed by atoms with Crippen LogP contribution in [0.2, 0.25) is 0 Å². The van der Waals surface area contributed by atoms with Crippen molar-refractivity contribution in [3.05, 3.63) is 59.7 Å². The number of rotatable bonds is 5. The van der Waals surface area contributed by atoms with Crippen molar-refractivity contribution in [3.63, 3.8) is 0 Å². The van der Waals surface area contributed by atoms with Gasteiger partial charge in [-0.1, -0.05) is 30.3 Å². The molecule has 4 nitrogen and oxygen atoms in total. The van der Waals surface area contributed by atoms with Gasteiger partial charge in [0.1, 0.15) is 0 Å². The lowest BCUT2D eigenvalue weighted by atomic mass is 10.0. The molecule has 0 unspecified atom stereocenters. The molecule has 0 aromatic heterocycles. The molecule has 0 bridgehead atoms.